The minimum absolute atomic E-state index is 0.0226. The first kappa shape index (κ1) is 32.3. The van der Waals surface area contributed by atoms with E-state index in [0.717, 1.165) is 39.0 Å². The van der Waals surface area contributed by atoms with Gasteiger partial charge in [0.1, 0.15) is 11.9 Å². The molecule has 0 bridgehead atoms. The summed E-state index contributed by atoms with van der Waals surface area (Å²) in [5.74, 6) is -0.957. The number of nitrogens with one attached hydrogen (secondary N) is 1. The fraction of sp³-hybridized carbons (Fsp3) is 0.355. The van der Waals surface area contributed by atoms with Crippen molar-refractivity contribution in [1.29, 1.82) is 0 Å². The monoisotopic (exact) mass is 645 g/mol. The molecule has 1 N–H and O–H groups in total. The van der Waals surface area contributed by atoms with Crippen LogP contribution in [-0.2, 0) is 32.6 Å². The fourth-order valence-electron chi connectivity index (χ4n) is 4.50. The Labute approximate surface area is 250 Å². The van der Waals surface area contributed by atoms with E-state index in [4.69, 9.17) is 0 Å². The largest absolute Gasteiger partial charge is 0.354 e. The summed E-state index contributed by atoms with van der Waals surface area (Å²) in [5, 5.41) is 3.00. The lowest BCUT2D eigenvalue weighted by Crippen LogP contribution is -2.50. The Balaban J connectivity index is 1.86. The molecule has 0 unspecified atom stereocenters. The zero-order valence-corrected chi connectivity index (χ0v) is 25.8. The minimum atomic E-state index is -3.67. The Morgan fingerprint density at radius 1 is 0.951 bits per heavy atom. The molecule has 2 amide bonds. The van der Waals surface area contributed by atoms with Gasteiger partial charge in [-0.05, 0) is 60.4 Å². The molecule has 0 fully saturated rings. The maximum atomic E-state index is 13.8. The van der Waals surface area contributed by atoms with E-state index in [1.165, 1.54) is 24.3 Å². The molecule has 3 rings (SSSR count). The molecule has 7 nitrogen and oxygen atoms in total. The molecule has 41 heavy (non-hydrogen) atoms. The summed E-state index contributed by atoms with van der Waals surface area (Å²) in [7, 11) is -3.67. The zero-order valence-electron chi connectivity index (χ0n) is 23.4. The number of benzene rings is 3. The molecule has 0 spiro atoms. The highest BCUT2D eigenvalue weighted by atomic mass is 79.9. The van der Waals surface area contributed by atoms with Gasteiger partial charge in [-0.2, -0.15) is 0 Å². The Morgan fingerprint density at radius 2 is 1.63 bits per heavy atom. The highest BCUT2D eigenvalue weighted by Gasteiger charge is 2.30. The number of hydrogen-bond donors (Lipinski definition) is 1. The summed E-state index contributed by atoms with van der Waals surface area (Å²) in [4.78, 5) is 28.9. The van der Waals surface area contributed by atoms with E-state index in [-0.39, 0.29) is 37.7 Å². The van der Waals surface area contributed by atoms with Crippen LogP contribution in [0.15, 0.2) is 83.3 Å². The van der Waals surface area contributed by atoms with Crippen LogP contribution >= 0.6 is 15.9 Å². The van der Waals surface area contributed by atoms with Crippen LogP contribution in [-0.4, -0.2) is 50.5 Å². The van der Waals surface area contributed by atoms with Gasteiger partial charge in [-0.25, -0.2) is 12.8 Å². The lowest BCUT2D eigenvalue weighted by atomic mass is 10.0. The molecule has 0 aliphatic rings. The van der Waals surface area contributed by atoms with Gasteiger partial charge < -0.3 is 10.2 Å². The molecule has 0 saturated carbocycles. The second kappa shape index (κ2) is 15.7. The standard InChI is InChI=1S/C31H37BrFN3O4S/c1-3-4-19-34-31(38)29(22-24-10-6-5-7-11-24)35(23-25-12-8-13-26(32)21-25)30(37)14-9-20-36(41(2,39)40)28-17-15-27(33)16-18-28/h5-8,10-13,15-18,21,29H,3-4,9,14,19-20,22-23H2,1-2H3,(H,34,38)/t29-/m1/s1. The highest BCUT2D eigenvalue weighted by Crippen LogP contribution is 2.21. The van der Waals surface area contributed by atoms with E-state index < -0.39 is 21.9 Å². The summed E-state index contributed by atoms with van der Waals surface area (Å²) in [6, 6.07) is 21.6. The Morgan fingerprint density at radius 3 is 2.27 bits per heavy atom. The molecule has 3 aromatic carbocycles. The van der Waals surface area contributed by atoms with Crippen molar-refractivity contribution in [3.63, 3.8) is 0 Å². The van der Waals surface area contributed by atoms with Crippen LogP contribution in [0.1, 0.15) is 43.7 Å². The van der Waals surface area contributed by atoms with Gasteiger partial charge in [0.2, 0.25) is 21.8 Å². The van der Waals surface area contributed by atoms with Crippen molar-refractivity contribution < 1.29 is 22.4 Å². The molecule has 220 valence electrons. The van der Waals surface area contributed by atoms with E-state index in [2.05, 4.69) is 21.2 Å². The number of hydrogen-bond acceptors (Lipinski definition) is 4. The van der Waals surface area contributed by atoms with E-state index in [1.54, 1.807) is 4.90 Å². The number of unbranched alkanes of at least 4 members (excludes halogenated alkanes) is 1. The second-order valence-corrected chi connectivity index (χ2v) is 12.7. The number of carbonyl (C=O) groups is 2. The van der Waals surface area contributed by atoms with Crippen LogP contribution in [0.4, 0.5) is 10.1 Å². The zero-order chi connectivity index (χ0) is 29.8. The van der Waals surface area contributed by atoms with Gasteiger partial charge in [0.25, 0.3) is 0 Å². The molecule has 0 aromatic heterocycles. The second-order valence-electron chi connectivity index (χ2n) is 9.92. The SMILES string of the molecule is CCCCNC(=O)[C@@H](Cc1ccccc1)N(Cc1cccc(Br)c1)C(=O)CCCN(c1ccc(F)cc1)S(C)(=O)=O. The van der Waals surface area contributed by atoms with Crippen molar-refractivity contribution >= 4 is 43.5 Å². The minimum Gasteiger partial charge on any atom is -0.354 e. The summed E-state index contributed by atoms with van der Waals surface area (Å²) in [5.41, 5.74) is 2.11. The number of anilines is 1. The van der Waals surface area contributed by atoms with Crippen LogP contribution in [0.3, 0.4) is 0 Å². The maximum Gasteiger partial charge on any atom is 0.243 e. The molecule has 0 radical (unpaired) electrons. The van der Waals surface area contributed by atoms with Crippen LogP contribution in [0.25, 0.3) is 0 Å². The van der Waals surface area contributed by atoms with Gasteiger partial charge in [0.15, 0.2) is 0 Å². The third-order valence-electron chi connectivity index (χ3n) is 6.61. The van der Waals surface area contributed by atoms with E-state index in [9.17, 15) is 22.4 Å². The number of amides is 2. The average Bonchev–Trinajstić information content (AvgIpc) is 2.93. The molecular weight excluding hydrogens is 609 g/mol. The number of nitrogens with zero attached hydrogens (tertiary/aromatic N) is 2. The molecule has 0 aliphatic carbocycles. The van der Waals surface area contributed by atoms with Gasteiger partial charge in [-0.3, -0.25) is 13.9 Å². The molecule has 0 aliphatic heterocycles. The number of halogens is 2. The van der Waals surface area contributed by atoms with Gasteiger partial charge in [-0.1, -0.05) is 71.7 Å². The van der Waals surface area contributed by atoms with Crippen LogP contribution in [0.5, 0.6) is 0 Å². The predicted molar refractivity (Wildman–Crippen MR) is 164 cm³/mol. The third kappa shape index (κ3) is 10.3. The van der Waals surface area contributed by atoms with E-state index >= 15 is 0 Å². The quantitative estimate of drug-likeness (QED) is 0.215. The molecule has 3 aromatic rings. The van der Waals surface area contributed by atoms with Crippen LogP contribution < -0.4 is 9.62 Å². The van der Waals surface area contributed by atoms with Gasteiger partial charge in [-0.15, -0.1) is 0 Å². The van der Waals surface area contributed by atoms with E-state index in [0.29, 0.717) is 18.7 Å². The number of rotatable bonds is 15. The molecule has 0 saturated heterocycles. The Hall–Kier alpha value is -3.24. The summed E-state index contributed by atoms with van der Waals surface area (Å²) < 4.78 is 40.5. The molecule has 0 heterocycles. The summed E-state index contributed by atoms with van der Waals surface area (Å²) in [6.45, 7) is 2.81. The average molecular weight is 647 g/mol. The van der Waals surface area contributed by atoms with Gasteiger partial charge in [0.05, 0.1) is 11.9 Å². The van der Waals surface area contributed by atoms with Crippen LogP contribution in [0.2, 0.25) is 0 Å². The first-order valence-electron chi connectivity index (χ1n) is 13.7. The first-order valence-corrected chi connectivity index (χ1v) is 16.3. The summed E-state index contributed by atoms with van der Waals surface area (Å²) in [6.07, 6.45) is 3.41. The lowest BCUT2D eigenvalue weighted by Gasteiger charge is -2.32. The lowest BCUT2D eigenvalue weighted by molar-refractivity contribution is -0.141. The summed E-state index contributed by atoms with van der Waals surface area (Å²) >= 11 is 3.49. The first-order chi connectivity index (χ1) is 19.6. The van der Waals surface area contributed by atoms with Crippen molar-refractivity contribution in [2.45, 2.75) is 51.6 Å². The van der Waals surface area contributed by atoms with Crippen molar-refractivity contribution in [2.24, 2.45) is 0 Å². The van der Waals surface area contributed by atoms with E-state index in [1.807, 2.05) is 61.5 Å². The Bertz CT molecular complexity index is 1390. The molecule has 10 heteroatoms. The van der Waals surface area contributed by atoms with Crippen molar-refractivity contribution in [2.75, 3.05) is 23.7 Å². The predicted octanol–water partition coefficient (Wildman–Crippen LogP) is 5.69. The number of sulfonamides is 1. The normalized spacial score (nSPS) is 12.0. The third-order valence-corrected chi connectivity index (χ3v) is 8.30. The van der Waals surface area contributed by atoms with Crippen molar-refractivity contribution in [3.05, 3.63) is 100 Å². The number of carbonyl (C=O) groups excluding carboxylic acids is 2. The van der Waals surface area contributed by atoms with Gasteiger partial charge in [0, 0.05) is 36.9 Å². The van der Waals surface area contributed by atoms with Gasteiger partial charge >= 0.3 is 0 Å². The topological polar surface area (TPSA) is 86.8 Å². The maximum absolute atomic E-state index is 13.8. The smallest absolute Gasteiger partial charge is 0.243 e. The van der Waals surface area contributed by atoms with Crippen LogP contribution in [0, 0.1) is 5.82 Å². The van der Waals surface area contributed by atoms with Crippen molar-refractivity contribution in [1.82, 2.24) is 10.2 Å². The molecule has 1 atom stereocenters. The van der Waals surface area contributed by atoms with Crippen molar-refractivity contribution in [3.8, 4) is 0 Å². The molecular formula is C31H37BrFN3O4S. The Kier molecular flexibility index (Phi) is 12.3. The highest BCUT2D eigenvalue weighted by molar-refractivity contribution is 9.10. The fourth-order valence-corrected chi connectivity index (χ4v) is 5.92.